The molecular weight excluding hydrogens is 260 g/mol. The average molecular weight is 290 g/mol. The molecule has 1 heterocycles. The van der Waals surface area contributed by atoms with E-state index in [4.69, 9.17) is 4.42 Å². The number of hydrogen-bond donors (Lipinski definition) is 1. The lowest BCUT2D eigenvalue weighted by Gasteiger charge is -2.26. The zero-order valence-corrected chi connectivity index (χ0v) is 13.7. The van der Waals surface area contributed by atoms with Crippen LogP contribution in [0.25, 0.3) is 0 Å². The smallest absolute Gasteiger partial charge is 0.118 e. The van der Waals surface area contributed by atoms with Crippen LogP contribution in [0.4, 0.5) is 0 Å². The Morgan fingerprint density at radius 3 is 2.67 bits per heavy atom. The molecule has 2 aliphatic carbocycles. The Labute approximate surface area is 129 Å². The number of furan rings is 1. The molecular formula is C18H30N2O. The Morgan fingerprint density at radius 2 is 1.95 bits per heavy atom. The molecule has 3 rings (SSSR count). The van der Waals surface area contributed by atoms with Gasteiger partial charge in [-0.2, -0.15) is 0 Å². The van der Waals surface area contributed by atoms with Crippen LogP contribution >= 0.6 is 0 Å². The van der Waals surface area contributed by atoms with E-state index in [0.29, 0.717) is 0 Å². The highest BCUT2D eigenvalue weighted by Gasteiger charge is 2.21. The van der Waals surface area contributed by atoms with E-state index in [2.05, 4.69) is 30.3 Å². The summed E-state index contributed by atoms with van der Waals surface area (Å²) < 4.78 is 5.95. The van der Waals surface area contributed by atoms with Crippen molar-refractivity contribution in [1.29, 1.82) is 0 Å². The molecule has 0 radical (unpaired) electrons. The summed E-state index contributed by atoms with van der Waals surface area (Å²) in [5.74, 6) is 3.11. The Hall–Kier alpha value is -0.800. The number of hydrogen-bond acceptors (Lipinski definition) is 3. The lowest BCUT2D eigenvalue weighted by molar-refractivity contribution is 0.215. The first-order valence-electron chi connectivity index (χ1n) is 8.71. The fourth-order valence-corrected chi connectivity index (χ4v) is 3.52. The van der Waals surface area contributed by atoms with Gasteiger partial charge in [-0.25, -0.2) is 0 Å². The summed E-state index contributed by atoms with van der Waals surface area (Å²) in [5, 5.41) is 3.57. The number of nitrogens with zero attached hydrogens (tertiary/aromatic N) is 1. The second-order valence-electron chi connectivity index (χ2n) is 7.15. The van der Waals surface area contributed by atoms with Crippen LogP contribution in [0.15, 0.2) is 10.5 Å². The van der Waals surface area contributed by atoms with Gasteiger partial charge in [0.2, 0.25) is 0 Å². The van der Waals surface area contributed by atoms with Crippen LogP contribution in [0.3, 0.4) is 0 Å². The van der Waals surface area contributed by atoms with Crippen molar-refractivity contribution in [3.8, 4) is 0 Å². The normalized spacial score (nSPS) is 20.3. The lowest BCUT2D eigenvalue weighted by atomic mass is 9.89. The van der Waals surface area contributed by atoms with Gasteiger partial charge in [-0.3, -0.25) is 4.90 Å². The van der Waals surface area contributed by atoms with Gasteiger partial charge in [-0.15, -0.1) is 0 Å². The highest BCUT2D eigenvalue weighted by Crippen LogP contribution is 2.25. The summed E-state index contributed by atoms with van der Waals surface area (Å²) in [5.41, 5.74) is 1.34. The molecule has 0 amide bonds. The van der Waals surface area contributed by atoms with Gasteiger partial charge in [0.1, 0.15) is 11.5 Å². The summed E-state index contributed by atoms with van der Waals surface area (Å²) >= 11 is 0. The predicted molar refractivity (Wildman–Crippen MR) is 86.2 cm³/mol. The summed E-state index contributed by atoms with van der Waals surface area (Å²) in [6.07, 6.45) is 9.80. The van der Waals surface area contributed by atoms with Crippen LogP contribution in [0.2, 0.25) is 0 Å². The largest absolute Gasteiger partial charge is 0.465 e. The quantitative estimate of drug-likeness (QED) is 0.827. The third kappa shape index (κ3) is 4.58. The molecule has 0 aromatic carbocycles. The van der Waals surface area contributed by atoms with Crippen molar-refractivity contribution >= 4 is 0 Å². The zero-order valence-electron chi connectivity index (χ0n) is 13.7. The fraction of sp³-hybridized carbons (Fsp3) is 0.778. The fourth-order valence-electron chi connectivity index (χ4n) is 3.52. The second kappa shape index (κ2) is 6.97. The molecule has 0 aliphatic heterocycles. The van der Waals surface area contributed by atoms with Gasteiger partial charge in [0.05, 0.1) is 6.54 Å². The van der Waals surface area contributed by atoms with Crippen molar-refractivity contribution in [1.82, 2.24) is 10.2 Å². The maximum Gasteiger partial charge on any atom is 0.118 e. The van der Waals surface area contributed by atoms with Crippen molar-refractivity contribution in [2.24, 2.45) is 5.92 Å². The molecule has 0 unspecified atom stereocenters. The highest BCUT2D eigenvalue weighted by molar-refractivity contribution is 5.21. The van der Waals surface area contributed by atoms with Crippen molar-refractivity contribution < 1.29 is 4.42 Å². The molecule has 0 bridgehead atoms. The summed E-state index contributed by atoms with van der Waals surface area (Å²) in [6.45, 7) is 5.22. The average Bonchev–Trinajstić information content (AvgIpc) is 3.22. The minimum absolute atomic E-state index is 0.761. The molecule has 0 saturated heterocycles. The van der Waals surface area contributed by atoms with E-state index < -0.39 is 0 Å². The van der Waals surface area contributed by atoms with Crippen molar-refractivity contribution in [2.45, 2.75) is 71.0 Å². The summed E-state index contributed by atoms with van der Waals surface area (Å²) in [7, 11) is 2.23. The molecule has 0 atom stereocenters. The summed E-state index contributed by atoms with van der Waals surface area (Å²) in [4.78, 5) is 2.44. The van der Waals surface area contributed by atoms with E-state index in [9.17, 15) is 0 Å². The van der Waals surface area contributed by atoms with Crippen LogP contribution in [0.5, 0.6) is 0 Å². The molecule has 1 aromatic heterocycles. The van der Waals surface area contributed by atoms with E-state index in [0.717, 1.165) is 36.6 Å². The Bertz CT molecular complexity index is 444. The minimum atomic E-state index is 0.761. The second-order valence-corrected chi connectivity index (χ2v) is 7.15. The zero-order chi connectivity index (χ0) is 14.7. The Morgan fingerprint density at radius 1 is 1.19 bits per heavy atom. The molecule has 21 heavy (non-hydrogen) atoms. The molecule has 1 N–H and O–H groups in total. The molecule has 2 aliphatic rings. The molecule has 2 saturated carbocycles. The molecule has 0 spiro atoms. The van der Waals surface area contributed by atoms with Gasteiger partial charge in [-0.1, -0.05) is 19.3 Å². The third-order valence-corrected chi connectivity index (χ3v) is 4.95. The molecule has 3 nitrogen and oxygen atoms in total. The summed E-state index contributed by atoms with van der Waals surface area (Å²) in [6, 6.07) is 3.01. The predicted octanol–water partition coefficient (Wildman–Crippen LogP) is 3.85. The lowest BCUT2D eigenvalue weighted by Crippen LogP contribution is -2.26. The van der Waals surface area contributed by atoms with E-state index in [1.165, 1.54) is 57.1 Å². The van der Waals surface area contributed by atoms with Crippen LogP contribution < -0.4 is 5.32 Å². The monoisotopic (exact) mass is 290 g/mol. The van der Waals surface area contributed by atoms with E-state index in [1.54, 1.807) is 0 Å². The molecule has 3 heteroatoms. The van der Waals surface area contributed by atoms with Crippen molar-refractivity contribution in [2.75, 3.05) is 13.6 Å². The molecule has 118 valence electrons. The van der Waals surface area contributed by atoms with Crippen LogP contribution in [-0.2, 0) is 13.1 Å². The maximum atomic E-state index is 5.95. The van der Waals surface area contributed by atoms with Gasteiger partial charge in [0.15, 0.2) is 0 Å². The van der Waals surface area contributed by atoms with Gasteiger partial charge in [-0.05, 0) is 51.6 Å². The van der Waals surface area contributed by atoms with Gasteiger partial charge in [0.25, 0.3) is 0 Å². The number of aryl methyl sites for hydroxylation is 1. The Balaban J connectivity index is 1.47. The Kier molecular flexibility index (Phi) is 5.02. The topological polar surface area (TPSA) is 28.4 Å². The van der Waals surface area contributed by atoms with Crippen LogP contribution in [-0.4, -0.2) is 24.5 Å². The van der Waals surface area contributed by atoms with Crippen molar-refractivity contribution in [3.05, 3.63) is 23.2 Å². The van der Waals surface area contributed by atoms with Crippen LogP contribution in [0, 0.1) is 12.8 Å². The van der Waals surface area contributed by atoms with Crippen molar-refractivity contribution in [3.63, 3.8) is 0 Å². The maximum absolute atomic E-state index is 5.95. The highest BCUT2D eigenvalue weighted by atomic mass is 16.3. The van der Waals surface area contributed by atoms with E-state index >= 15 is 0 Å². The molecule has 2 fully saturated rings. The first kappa shape index (κ1) is 15.1. The minimum Gasteiger partial charge on any atom is -0.465 e. The first-order chi connectivity index (χ1) is 10.2. The van der Waals surface area contributed by atoms with Gasteiger partial charge >= 0.3 is 0 Å². The van der Waals surface area contributed by atoms with Crippen LogP contribution in [0.1, 0.15) is 62.0 Å². The van der Waals surface area contributed by atoms with Gasteiger partial charge in [0, 0.05) is 24.7 Å². The number of rotatable bonds is 7. The third-order valence-electron chi connectivity index (χ3n) is 4.95. The van der Waals surface area contributed by atoms with E-state index in [1.807, 2.05) is 0 Å². The standard InChI is InChI=1S/C18H30N2O/c1-14-16(11-19-17-8-9-17)10-18(21-14)13-20(2)12-15-6-4-3-5-7-15/h10,15,17,19H,3-9,11-13H2,1-2H3. The first-order valence-corrected chi connectivity index (χ1v) is 8.71. The van der Waals surface area contributed by atoms with E-state index in [-0.39, 0.29) is 0 Å². The molecule has 1 aromatic rings. The number of nitrogens with one attached hydrogen (secondary N) is 1. The SMILES string of the molecule is Cc1oc(CN(C)CC2CCCCC2)cc1CNC1CC1. The van der Waals surface area contributed by atoms with Gasteiger partial charge < -0.3 is 9.73 Å².